The number of benzene rings is 1. The van der Waals surface area contributed by atoms with Crippen LogP contribution in [-0.2, 0) is 4.79 Å². The molecule has 5 rings (SSSR count). The van der Waals surface area contributed by atoms with Gasteiger partial charge in [-0.2, -0.15) is 4.98 Å². The molecule has 37 heavy (non-hydrogen) atoms. The third kappa shape index (κ3) is 5.47. The van der Waals surface area contributed by atoms with Crippen LogP contribution in [0.1, 0.15) is 63.8 Å². The topological polar surface area (TPSA) is 131 Å². The molecule has 0 bridgehead atoms. The maximum Gasteiger partial charge on any atom is 0.224 e. The molecule has 9 nitrogen and oxygen atoms in total. The van der Waals surface area contributed by atoms with Crippen molar-refractivity contribution in [2.75, 3.05) is 10.6 Å². The number of aliphatic hydroxyl groups is 1. The highest BCUT2D eigenvalue weighted by Crippen LogP contribution is 2.37. The number of nitrogens with zero attached hydrogens (tertiary/aromatic N) is 4. The Morgan fingerprint density at radius 3 is 2.59 bits per heavy atom. The van der Waals surface area contributed by atoms with Gasteiger partial charge in [0.1, 0.15) is 5.52 Å². The van der Waals surface area contributed by atoms with Crippen LogP contribution in [0.3, 0.4) is 0 Å². The number of nitrogens with two attached hydrogens (primary N) is 1. The van der Waals surface area contributed by atoms with Crippen molar-refractivity contribution >= 4 is 46.3 Å². The fourth-order valence-electron chi connectivity index (χ4n) is 5.40. The Bertz CT molecular complexity index is 1300. The molecule has 1 amide bonds. The molecule has 2 heterocycles. The van der Waals surface area contributed by atoms with Crippen molar-refractivity contribution in [3.8, 4) is 0 Å². The summed E-state index contributed by atoms with van der Waals surface area (Å²) in [7, 11) is 0. The summed E-state index contributed by atoms with van der Waals surface area (Å²) in [4.78, 5) is 25.5. The minimum Gasteiger partial charge on any atom is -0.393 e. The number of anilines is 3. The van der Waals surface area contributed by atoms with Crippen LogP contribution in [-0.4, -0.2) is 42.7 Å². The van der Waals surface area contributed by atoms with Crippen LogP contribution in [0, 0.1) is 17.6 Å². The number of amides is 1. The molecule has 0 radical (unpaired) electrons. The molecule has 198 valence electrons. The molecule has 2 aromatic heterocycles. The number of carbonyl (C=O) groups is 1. The van der Waals surface area contributed by atoms with Gasteiger partial charge in [0.2, 0.25) is 17.8 Å². The molecule has 1 aromatic carbocycles. The lowest BCUT2D eigenvalue weighted by atomic mass is 9.85. The van der Waals surface area contributed by atoms with Crippen molar-refractivity contribution in [3.05, 3.63) is 35.0 Å². The van der Waals surface area contributed by atoms with E-state index in [4.69, 9.17) is 22.3 Å². The summed E-state index contributed by atoms with van der Waals surface area (Å²) in [5.74, 6) is -2.07. The smallest absolute Gasteiger partial charge is 0.224 e. The van der Waals surface area contributed by atoms with E-state index in [1.807, 2.05) is 4.57 Å². The van der Waals surface area contributed by atoms with Crippen LogP contribution in [0.2, 0.25) is 5.02 Å². The second-order valence-electron chi connectivity index (χ2n) is 9.98. The fourth-order valence-corrected chi connectivity index (χ4v) is 5.55. The Morgan fingerprint density at radius 1 is 1.08 bits per heavy atom. The van der Waals surface area contributed by atoms with E-state index in [0.29, 0.717) is 49.2 Å². The number of hydrogen-bond acceptors (Lipinski definition) is 7. The number of hydrogen-bond donors (Lipinski definition) is 4. The van der Waals surface area contributed by atoms with Gasteiger partial charge in [-0.1, -0.05) is 24.4 Å². The Kier molecular flexibility index (Phi) is 7.43. The van der Waals surface area contributed by atoms with Crippen molar-refractivity contribution in [1.29, 1.82) is 0 Å². The van der Waals surface area contributed by atoms with Gasteiger partial charge in [-0.15, -0.1) is 0 Å². The van der Waals surface area contributed by atoms with Crippen molar-refractivity contribution in [3.63, 3.8) is 0 Å². The minimum absolute atomic E-state index is 0.0426. The van der Waals surface area contributed by atoms with E-state index in [-0.39, 0.29) is 46.7 Å². The largest absolute Gasteiger partial charge is 0.393 e. The van der Waals surface area contributed by atoms with E-state index in [1.165, 1.54) is 12.1 Å². The van der Waals surface area contributed by atoms with Crippen LogP contribution < -0.4 is 16.4 Å². The molecule has 0 saturated heterocycles. The maximum atomic E-state index is 14.6. The molecular weight excluding hydrogens is 504 g/mol. The third-order valence-corrected chi connectivity index (χ3v) is 7.70. The lowest BCUT2D eigenvalue weighted by Gasteiger charge is -2.29. The average molecular weight is 534 g/mol. The number of imidazole rings is 1. The fraction of sp³-hybridized carbons (Fsp3) is 0.520. The standard InChI is InChI=1S/C25H30ClF2N7O2/c26-17-9-10-18(21(28)20(17)27)32-25-33-19-12-30-24(31-14-3-1-2-4-16(36)11-14)34-23(19)35(25)15-7-5-13(6-8-15)22(29)37/h9-10,12-16,36H,1-8,11H2,(H2,29,37)(H,32,33)(H,30,31,34)/t13?,14-,15?,16-/m0/s1. The Morgan fingerprint density at radius 2 is 1.84 bits per heavy atom. The first-order chi connectivity index (χ1) is 17.8. The number of fused-ring (bicyclic) bond motifs is 1. The Balaban J connectivity index is 1.50. The predicted molar refractivity (Wildman–Crippen MR) is 137 cm³/mol. The van der Waals surface area contributed by atoms with Gasteiger partial charge in [0.15, 0.2) is 17.3 Å². The number of aliphatic hydroxyl groups excluding tert-OH is 1. The number of rotatable bonds is 6. The molecule has 0 unspecified atom stereocenters. The zero-order valence-electron chi connectivity index (χ0n) is 20.3. The lowest BCUT2D eigenvalue weighted by Crippen LogP contribution is -2.29. The monoisotopic (exact) mass is 533 g/mol. The van der Waals surface area contributed by atoms with Crippen LogP contribution >= 0.6 is 11.6 Å². The first kappa shape index (κ1) is 25.6. The van der Waals surface area contributed by atoms with Gasteiger partial charge in [0.05, 0.1) is 23.0 Å². The zero-order valence-corrected chi connectivity index (χ0v) is 21.0. The summed E-state index contributed by atoms with van der Waals surface area (Å²) in [6, 6.07) is 2.58. The van der Waals surface area contributed by atoms with E-state index < -0.39 is 11.6 Å². The number of aromatic nitrogens is 4. The summed E-state index contributed by atoms with van der Waals surface area (Å²) in [6.45, 7) is 0. The third-order valence-electron chi connectivity index (χ3n) is 7.41. The quantitative estimate of drug-likeness (QED) is 0.264. The minimum atomic E-state index is -1.15. The summed E-state index contributed by atoms with van der Waals surface area (Å²) < 4.78 is 30.6. The second kappa shape index (κ2) is 10.7. The van der Waals surface area contributed by atoms with Crippen LogP contribution in [0.15, 0.2) is 18.3 Å². The van der Waals surface area contributed by atoms with Crippen LogP contribution in [0.5, 0.6) is 0 Å². The Labute approximate surface area is 217 Å². The van der Waals surface area contributed by atoms with Gasteiger partial charge >= 0.3 is 0 Å². The number of nitrogens with one attached hydrogen (secondary N) is 2. The highest BCUT2D eigenvalue weighted by molar-refractivity contribution is 6.30. The molecule has 3 aromatic rings. The van der Waals surface area contributed by atoms with Crippen molar-refractivity contribution in [1.82, 2.24) is 19.5 Å². The molecule has 5 N–H and O–H groups in total. The van der Waals surface area contributed by atoms with Gasteiger partial charge in [-0.05, 0) is 57.1 Å². The molecule has 2 atom stereocenters. The highest BCUT2D eigenvalue weighted by Gasteiger charge is 2.30. The van der Waals surface area contributed by atoms with Crippen LogP contribution in [0.25, 0.3) is 11.2 Å². The highest BCUT2D eigenvalue weighted by atomic mass is 35.5. The van der Waals surface area contributed by atoms with E-state index in [0.717, 1.165) is 25.7 Å². The summed E-state index contributed by atoms with van der Waals surface area (Å²) in [6.07, 6.45) is 8.04. The van der Waals surface area contributed by atoms with Gasteiger partial charge in [0, 0.05) is 18.0 Å². The first-order valence-electron chi connectivity index (χ1n) is 12.7. The number of carbonyl (C=O) groups excluding carboxylic acids is 1. The van der Waals surface area contributed by atoms with Gasteiger partial charge in [-0.25, -0.2) is 18.7 Å². The van der Waals surface area contributed by atoms with Crippen molar-refractivity contribution in [2.45, 2.75) is 76.0 Å². The van der Waals surface area contributed by atoms with E-state index >= 15 is 0 Å². The maximum absolute atomic E-state index is 14.6. The summed E-state index contributed by atoms with van der Waals surface area (Å²) in [5, 5.41) is 16.1. The molecule has 0 aliphatic heterocycles. The van der Waals surface area contributed by atoms with Crippen LogP contribution in [0.4, 0.5) is 26.4 Å². The van der Waals surface area contributed by atoms with E-state index in [9.17, 15) is 18.7 Å². The van der Waals surface area contributed by atoms with E-state index in [2.05, 4.69) is 20.6 Å². The van der Waals surface area contributed by atoms with E-state index in [1.54, 1.807) is 6.20 Å². The first-order valence-corrected chi connectivity index (χ1v) is 13.1. The number of primary amides is 1. The summed E-state index contributed by atoms with van der Waals surface area (Å²) >= 11 is 5.72. The van der Waals surface area contributed by atoms with Gasteiger partial charge < -0.3 is 21.5 Å². The molecule has 2 fully saturated rings. The second-order valence-corrected chi connectivity index (χ2v) is 10.4. The SMILES string of the molecule is NC(=O)C1CCC(n2c(Nc3ccc(Cl)c(F)c3F)nc3cnc(N[C@H]4CCCC[C@H](O)C4)nc32)CC1. The average Bonchev–Trinajstić information content (AvgIpc) is 3.10. The zero-order chi connectivity index (χ0) is 26.1. The lowest BCUT2D eigenvalue weighted by molar-refractivity contribution is -0.122. The molecule has 2 aliphatic carbocycles. The molecule has 0 spiro atoms. The van der Waals surface area contributed by atoms with Crippen molar-refractivity contribution in [2.24, 2.45) is 11.7 Å². The molecule has 2 aliphatic rings. The number of halogens is 3. The van der Waals surface area contributed by atoms with Gasteiger partial charge in [-0.3, -0.25) is 9.36 Å². The summed E-state index contributed by atoms with van der Waals surface area (Å²) in [5.41, 5.74) is 6.43. The predicted octanol–water partition coefficient (Wildman–Crippen LogP) is 4.82. The molecular formula is C25H30ClF2N7O2. The van der Waals surface area contributed by atoms with Gasteiger partial charge in [0.25, 0.3) is 0 Å². The molecule has 12 heteroatoms. The Hall–Kier alpha value is -3.05. The molecule has 2 saturated carbocycles. The normalized spacial score (nSPS) is 24.5. The van der Waals surface area contributed by atoms with Crippen molar-refractivity contribution < 1.29 is 18.7 Å².